The molecule has 1 N–H and O–H groups in total. The molecule has 7 heteroatoms. The van der Waals surface area contributed by atoms with Crippen LogP contribution in [-0.4, -0.2) is 44.3 Å². The molecule has 0 saturated carbocycles. The molecule has 0 bridgehead atoms. The van der Waals surface area contributed by atoms with Crippen LogP contribution in [0.2, 0.25) is 0 Å². The molecule has 1 fully saturated rings. The predicted molar refractivity (Wildman–Crippen MR) is 61.2 cm³/mol. The standard InChI is InChI=1S/C11H13N3O4/c1-13-9(15)5-4-7(12-13)10(16)14-6-2-3-8(14)11(17)18/h4-5,8H,2-3,6H2,1H3,(H,17,18)/t8-/m0/s1. The van der Waals surface area contributed by atoms with E-state index < -0.39 is 17.9 Å². The third-order valence-corrected chi connectivity index (χ3v) is 2.98. The third kappa shape index (κ3) is 2.11. The number of carboxylic acids is 1. The van der Waals surface area contributed by atoms with E-state index in [-0.39, 0.29) is 11.3 Å². The molecule has 1 aromatic heterocycles. The zero-order chi connectivity index (χ0) is 13.3. The Labute approximate surface area is 103 Å². The summed E-state index contributed by atoms with van der Waals surface area (Å²) in [6.07, 6.45) is 1.11. The number of amides is 1. The van der Waals surface area contributed by atoms with Crippen LogP contribution in [0.4, 0.5) is 0 Å². The molecule has 2 rings (SSSR count). The fourth-order valence-electron chi connectivity index (χ4n) is 2.03. The molecule has 1 saturated heterocycles. The number of hydrogen-bond acceptors (Lipinski definition) is 4. The van der Waals surface area contributed by atoms with Crippen molar-refractivity contribution in [3.05, 3.63) is 28.2 Å². The van der Waals surface area contributed by atoms with E-state index >= 15 is 0 Å². The van der Waals surface area contributed by atoms with E-state index in [1.54, 1.807) is 0 Å². The summed E-state index contributed by atoms with van der Waals surface area (Å²) in [5, 5.41) is 12.8. The van der Waals surface area contributed by atoms with E-state index in [9.17, 15) is 14.4 Å². The number of carbonyl (C=O) groups excluding carboxylic acids is 1. The van der Waals surface area contributed by atoms with Crippen LogP contribution in [0.15, 0.2) is 16.9 Å². The average Bonchev–Trinajstić information content (AvgIpc) is 2.81. The molecule has 1 aliphatic rings. The Kier molecular flexibility index (Phi) is 3.14. The highest BCUT2D eigenvalue weighted by Gasteiger charge is 2.35. The third-order valence-electron chi connectivity index (χ3n) is 2.98. The van der Waals surface area contributed by atoms with Crippen LogP contribution in [-0.2, 0) is 11.8 Å². The first-order valence-electron chi connectivity index (χ1n) is 5.59. The molecule has 0 spiro atoms. The van der Waals surface area contributed by atoms with Crippen molar-refractivity contribution < 1.29 is 14.7 Å². The van der Waals surface area contributed by atoms with Crippen LogP contribution < -0.4 is 5.56 Å². The number of aliphatic carboxylic acids is 1. The second kappa shape index (κ2) is 4.59. The second-order valence-corrected chi connectivity index (χ2v) is 4.18. The Hall–Kier alpha value is -2.18. The largest absolute Gasteiger partial charge is 0.480 e. The first-order valence-corrected chi connectivity index (χ1v) is 5.59. The van der Waals surface area contributed by atoms with Crippen molar-refractivity contribution >= 4 is 11.9 Å². The van der Waals surface area contributed by atoms with Gasteiger partial charge >= 0.3 is 5.97 Å². The van der Waals surface area contributed by atoms with Crippen LogP contribution >= 0.6 is 0 Å². The van der Waals surface area contributed by atoms with Crippen LogP contribution in [0.1, 0.15) is 23.3 Å². The number of likely N-dealkylation sites (tertiary alicyclic amines) is 1. The molecule has 96 valence electrons. The summed E-state index contributed by atoms with van der Waals surface area (Å²) < 4.78 is 1.05. The number of carboxylic acid groups (broad SMARTS) is 1. The Morgan fingerprint density at radius 2 is 2.17 bits per heavy atom. The number of aromatic nitrogens is 2. The van der Waals surface area contributed by atoms with E-state index in [0.29, 0.717) is 19.4 Å². The minimum Gasteiger partial charge on any atom is -0.480 e. The molecule has 2 heterocycles. The van der Waals surface area contributed by atoms with Gasteiger partial charge in [0.2, 0.25) is 0 Å². The smallest absolute Gasteiger partial charge is 0.326 e. The summed E-state index contributed by atoms with van der Waals surface area (Å²) >= 11 is 0. The molecule has 7 nitrogen and oxygen atoms in total. The number of nitrogens with zero attached hydrogens (tertiary/aromatic N) is 3. The zero-order valence-corrected chi connectivity index (χ0v) is 9.87. The maximum atomic E-state index is 12.1. The van der Waals surface area contributed by atoms with Crippen molar-refractivity contribution in [2.75, 3.05) is 6.54 Å². The van der Waals surface area contributed by atoms with Crippen molar-refractivity contribution in [2.24, 2.45) is 7.05 Å². The van der Waals surface area contributed by atoms with Gasteiger partial charge < -0.3 is 10.0 Å². The van der Waals surface area contributed by atoms with Crippen LogP contribution in [0.25, 0.3) is 0 Å². The lowest BCUT2D eigenvalue weighted by molar-refractivity contribution is -0.141. The van der Waals surface area contributed by atoms with Crippen molar-refractivity contribution in [1.29, 1.82) is 0 Å². The van der Waals surface area contributed by atoms with Gasteiger partial charge in [0, 0.05) is 19.7 Å². The Balaban J connectivity index is 2.28. The maximum Gasteiger partial charge on any atom is 0.326 e. The van der Waals surface area contributed by atoms with Crippen molar-refractivity contribution in [3.8, 4) is 0 Å². The molecule has 1 aliphatic heterocycles. The maximum absolute atomic E-state index is 12.1. The van der Waals surface area contributed by atoms with Crippen LogP contribution in [0, 0.1) is 0 Å². The quantitative estimate of drug-likeness (QED) is 0.762. The molecule has 1 aromatic rings. The van der Waals surface area contributed by atoms with Gasteiger partial charge in [-0.2, -0.15) is 5.10 Å². The molecule has 1 atom stereocenters. The molecule has 0 radical (unpaired) electrons. The van der Waals surface area contributed by atoms with E-state index in [2.05, 4.69) is 5.10 Å². The SMILES string of the molecule is Cn1nc(C(=O)N2CCC[C@H]2C(=O)O)ccc1=O. The number of carbonyl (C=O) groups is 2. The second-order valence-electron chi connectivity index (χ2n) is 4.18. The average molecular weight is 251 g/mol. The fraction of sp³-hybridized carbons (Fsp3) is 0.455. The summed E-state index contributed by atoms with van der Waals surface area (Å²) in [5.41, 5.74) is -0.229. The number of aryl methyl sites for hydroxylation is 1. The van der Waals surface area contributed by atoms with Gasteiger partial charge in [-0.25, -0.2) is 9.48 Å². The summed E-state index contributed by atoms with van der Waals surface area (Å²) in [7, 11) is 1.44. The van der Waals surface area contributed by atoms with Crippen molar-refractivity contribution in [2.45, 2.75) is 18.9 Å². The highest BCUT2D eigenvalue weighted by molar-refractivity contribution is 5.95. The number of rotatable bonds is 2. The lowest BCUT2D eigenvalue weighted by Crippen LogP contribution is -2.41. The summed E-state index contributed by atoms with van der Waals surface area (Å²) in [6, 6.07) is 1.77. The Bertz CT molecular complexity index is 551. The molecular formula is C11H13N3O4. The normalized spacial score (nSPS) is 18.9. The fourth-order valence-corrected chi connectivity index (χ4v) is 2.03. The lowest BCUT2D eigenvalue weighted by Gasteiger charge is -2.20. The molecule has 1 amide bonds. The Morgan fingerprint density at radius 3 is 2.78 bits per heavy atom. The monoisotopic (exact) mass is 251 g/mol. The summed E-state index contributed by atoms with van der Waals surface area (Å²) in [5.74, 6) is -1.46. The van der Waals surface area contributed by atoms with Crippen molar-refractivity contribution in [3.63, 3.8) is 0 Å². The lowest BCUT2D eigenvalue weighted by atomic mass is 10.2. The highest BCUT2D eigenvalue weighted by atomic mass is 16.4. The summed E-state index contributed by atoms with van der Waals surface area (Å²) in [4.78, 5) is 35.6. The predicted octanol–water partition coefficient (Wildman–Crippen LogP) is -0.531. The topological polar surface area (TPSA) is 92.5 Å². The first kappa shape index (κ1) is 12.3. The van der Waals surface area contributed by atoms with E-state index in [4.69, 9.17) is 5.11 Å². The van der Waals surface area contributed by atoms with E-state index in [0.717, 1.165) is 4.68 Å². The minimum atomic E-state index is -1.01. The van der Waals surface area contributed by atoms with Crippen LogP contribution in [0.3, 0.4) is 0 Å². The van der Waals surface area contributed by atoms with E-state index in [1.807, 2.05) is 0 Å². The van der Waals surface area contributed by atoms with Gasteiger partial charge in [-0.1, -0.05) is 0 Å². The van der Waals surface area contributed by atoms with Gasteiger partial charge in [0.25, 0.3) is 11.5 Å². The minimum absolute atomic E-state index is 0.0882. The van der Waals surface area contributed by atoms with Crippen molar-refractivity contribution in [1.82, 2.24) is 14.7 Å². The van der Waals surface area contributed by atoms with E-state index in [1.165, 1.54) is 24.1 Å². The van der Waals surface area contributed by atoms with Gasteiger partial charge in [0.1, 0.15) is 11.7 Å². The molecular weight excluding hydrogens is 238 g/mol. The summed E-state index contributed by atoms with van der Waals surface area (Å²) in [6.45, 7) is 0.403. The van der Waals surface area contributed by atoms with Gasteiger partial charge in [-0.15, -0.1) is 0 Å². The molecule has 0 aromatic carbocycles. The molecule has 0 unspecified atom stereocenters. The zero-order valence-electron chi connectivity index (χ0n) is 9.87. The Morgan fingerprint density at radius 1 is 1.44 bits per heavy atom. The number of hydrogen-bond donors (Lipinski definition) is 1. The first-order chi connectivity index (χ1) is 8.50. The highest BCUT2D eigenvalue weighted by Crippen LogP contribution is 2.19. The van der Waals surface area contributed by atoms with Gasteiger partial charge in [0.15, 0.2) is 0 Å². The van der Waals surface area contributed by atoms with Crippen LogP contribution in [0.5, 0.6) is 0 Å². The van der Waals surface area contributed by atoms with Gasteiger partial charge in [0.05, 0.1) is 0 Å². The van der Waals surface area contributed by atoms with Gasteiger partial charge in [-0.05, 0) is 18.9 Å². The molecule has 0 aliphatic carbocycles. The van der Waals surface area contributed by atoms with Gasteiger partial charge in [-0.3, -0.25) is 9.59 Å². The molecule has 18 heavy (non-hydrogen) atoms.